The van der Waals surface area contributed by atoms with Crippen molar-refractivity contribution in [1.29, 1.82) is 0 Å². The Morgan fingerprint density at radius 3 is 2.37 bits per heavy atom. The zero-order valence-corrected chi connectivity index (χ0v) is 11.6. The van der Waals surface area contributed by atoms with Gasteiger partial charge in [0.05, 0.1) is 4.90 Å². The highest BCUT2D eigenvalue weighted by atomic mass is 32.2. The number of benzene rings is 1. The maximum absolute atomic E-state index is 11.6. The first kappa shape index (κ1) is 15.6. The van der Waals surface area contributed by atoms with Gasteiger partial charge in [0.25, 0.3) is 0 Å². The Hall–Kier alpha value is -1.44. The molecule has 1 atom stereocenters. The second-order valence-electron chi connectivity index (χ2n) is 4.49. The van der Waals surface area contributed by atoms with Gasteiger partial charge in [-0.2, -0.15) is 0 Å². The Kier molecular flexibility index (Phi) is 5.46. The maximum atomic E-state index is 11.6. The molecule has 1 aromatic carbocycles. The number of primary sulfonamides is 1. The molecule has 0 radical (unpaired) electrons. The second-order valence-corrected chi connectivity index (χ2v) is 6.05. The van der Waals surface area contributed by atoms with E-state index in [1.54, 1.807) is 0 Å². The van der Waals surface area contributed by atoms with Gasteiger partial charge in [0.15, 0.2) is 0 Å². The molecule has 19 heavy (non-hydrogen) atoms. The minimum absolute atomic E-state index is 0.0162. The number of amides is 1. The zero-order chi connectivity index (χ0) is 14.5. The van der Waals surface area contributed by atoms with Crippen LogP contribution in [-0.4, -0.2) is 20.4 Å². The lowest BCUT2D eigenvalue weighted by Crippen LogP contribution is -2.17. The molecule has 106 valence electrons. The summed E-state index contributed by atoms with van der Waals surface area (Å²) in [5.74, 6) is -0.121. The normalized spacial score (nSPS) is 13.0. The molecule has 0 bridgehead atoms. The number of nitrogens with one attached hydrogen (secondary N) is 1. The van der Waals surface area contributed by atoms with Gasteiger partial charge in [-0.05, 0) is 44.0 Å². The maximum Gasteiger partial charge on any atom is 0.238 e. The summed E-state index contributed by atoms with van der Waals surface area (Å²) in [6.07, 6.45) is 1.90. The van der Waals surface area contributed by atoms with Gasteiger partial charge in [-0.15, -0.1) is 0 Å². The van der Waals surface area contributed by atoms with Crippen LogP contribution >= 0.6 is 0 Å². The molecule has 0 fully saturated rings. The Bertz CT molecular complexity index is 524. The fourth-order valence-corrected chi connectivity index (χ4v) is 2.05. The van der Waals surface area contributed by atoms with Gasteiger partial charge in [-0.25, -0.2) is 13.6 Å². The first-order valence-corrected chi connectivity index (χ1v) is 7.52. The van der Waals surface area contributed by atoms with Crippen LogP contribution < -0.4 is 16.2 Å². The fourth-order valence-electron chi connectivity index (χ4n) is 1.54. The van der Waals surface area contributed by atoms with Gasteiger partial charge >= 0.3 is 0 Å². The highest BCUT2D eigenvalue weighted by Gasteiger charge is 2.08. The van der Waals surface area contributed by atoms with Crippen molar-refractivity contribution in [1.82, 2.24) is 0 Å². The van der Waals surface area contributed by atoms with E-state index < -0.39 is 10.0 Å². The van der Waals surface area contributed by atoms with E-state index >= 15 is 0 Å². The standard InChI is InChI=1S/C12H19N3O3S/c1-9(13)3-2-4-12(16)15-10-5-7-11(8-6-10)19(14,17)18/h5-9H,2-4,13H2,1H3,(H,15,16)(H2,14,17,18). The summed E-state index contributed by atoms with van der Waals surface area (Å²) in [6.45, 7) is 1.89. The van der Waals surface area contributed by atoms with Crippen LogP contribution in [0.3, 0.4) is 0 Å². The third-order valence-electron chi connectivity index (χ3n) is 2.53. The lowest BCUT2D eigenvalue weighted by molar-refractivity contribution is -0.116. The first-order valence-electron chi connectivity index (χ1n) is 5.97. The van der Waals surface area contributed by atoms with Gasteiger partial charge in [0.1, 0.15) is 0 Å². The SMILES string of the molecule is CC(N)CCCC(=O)Nc1ccc(S(N)(=O)=O)cc1. The van der Waals surface area contributed by atoms with Crippen LogP contribution in [0.2, 0.25) is 0 Å². The molecule has 0 aromatic heterocycles. The predicted molar refractivity (Wildman–Crippen MR) is 73.9 cm³/mol. The Balaban J connectivity index is 2.52. The van der Waals surface area contributed by atoms with Crippen LogP contribution in [0.5, 0.6) is 0 Å². The number of carbonyl (C=O) groups excluding carboxylic acids is 1. The minimum Gasteiger partial charge on any atom is -0.328 e. The number of hydrogen-bond acceptors (Lipinski definition) is 4. The van der Waals surface area contributed by atoms with Crippen molar-refractivity contribution in [3.8, 4) is 0 Å². The predicted octanol–water partition coefficient (Wildman–Crippen LogP) is 0.790. The number of hydrogen-bond donors (Lipinski definition) is 3. The number of sulfonamides is 1. The van der Waals surface area contributed by atoms with Crippen LogP contribution in [0, 0.1) is 0 Å². The molecule has 0 saturated carbocycles. The van der Waals surface area contributed by atoms with Crippen molar-refractivity contribution < 1.29 is 13.2 Å². The molecule has 1 rings (SSSR count). The summed E-state index contributed by atoms with van der Waals surface area (Å²) < 4.78 is 22.1. The molecule has 7 heteroatoms. The quantitative estimate of drug-likeness (QED) is 0.716. The van der Waals surface area contributed by atoms with E-state index in [2.05, 4.69) is 5.32 Å². The van der Waals surface area contributed by atoms with E-state index in [0.717, 1.165) is 12.8 Å². The van der Waals surface area contributed by atoms with Crippen LogP contribution in [0.1, 0.15) is 26.2 Å². The Morgan fingerprint density at radius 2 is 1.89 bits per heavy atom. The molecule has 6 nitrogen and oxygen atoms in total. The molecule has 0 aliphatic rings. The third-order valence-corrected chi connectivity index (χ3v) is 3.46. The zero-order valence-electron chi connectivity index (χ0n) is 10.8. The van der Waals surface area contributed by atoms with Crippen molar-refractivity contribution in [2.75, 3.05) is 5.32 Å². The summed E-state index contributed by atoms with van der Waals surface area (Å²) >= 11 is 0. The van der Waals surface area contributed by atoms with Crippen LogP contribution in [0.15, 0.2) is 29.2 Å². The van der Waals surface area contributed by atoms with Crippen molar-refractivity contribution in [3.05, 3.63) is 24.3 Å². The van der Waals surface area contributed by atoms with Gasteiger partial charge in [0, 0.05) is 18.2 Å². The third kappa shape index (κ3) is 5.82. The molecule has 0 spiro atoms. The average Bonchev–Trinajstić information content (AvgIpc) is 2.27. The van der Waals surface area contributed by atoms with E-state index in [1.807, 2.05) is 6.92 Å². The summed E-state index contributed by atoms with van der Waals surface area (Å²) in [4.78, 5) is 11.6. The van der Waals surface area contributed by atoms with Gasteiger partial charge < -0.3 is 11.1 Å². The average molecular weight is 285 g/mol. The van der Waals surface area contributed by atoms with E-state index in [-0.39, 0.29) is 16.8 Å². The number of nitrogens with two attached hydrogens (primary N) is 2. The number of rotatable bonds is 6. The van der Waals surface area contributed by atoms with Gasteiger partial charge in [-0.1, -0.05) is 0 Å². The summed E-state index contributed by atoms with van der Waals surface area (Å²) in [6, 6.07) is 5.80. The summed E-state index contributed by atoms with van der Waals surface area (Å²) in [7, 11) is -3.70. The van der Waals surface area contributed by atoms with Crippen molar-refractivity contribution in [3.63, 3.8) is 0 Å². The Labute approximate surface area is 113 Å². The van der Waals surface area contributed by atoms with E-state index in [4.69, 9.17) is 10.9 Å². The second kappa shape index (κ2) is 6.65. The van der Waals surface area contributed by atoms with Crippen molar-refractivity contribution in [2.45, 2.75) is 37.1 Å². The van der Waals surface area contributed by atoms with Gasteiger partial charge in [-0.3, -0.25) is 4.79 Å². The molecule has 1 aromatic rings. The van der Waals surface area contributed by atoms with Crippen molar-refractivity contribution >= 4 is 21.6 Å². The summed E-state index contributed by atoms with van der Waals surface area (Å²) in [5, 5.41) is 7.65. The minimum atomic E-state index is -3.70. The lowest BCUT2D eigenvalue weighted by atomic mass is 10.1. The first-order chi connectivity index (χ1) is 8.79. The molecule has 0 saturated heterocycles. The van der Waals surface area contributed by atoms with E-state index in [1.165, 1.54) is 24.3 Å². The molecular weight excluding hydrogens is 266 g/mol. The molecule has 1 amide bonds. The largest absolute Gasteiger partial charge is 0.328 e. The molecule has 0 aliphatic heterocycles. The van der Waals surface area contributed by atoms with Gasteiger partial charge in [0.2, 0.25) is 15.9 Å². The molecular formula is C12H19N3O3S. The molecule has 5 N–H and O–H groups in total. The van der Waals surface area contributed by atoms with Crippen LogP contribution in [0.25, 0.3) is 0 Å². The number of anilines is 1. The molecule has 1 unspecified atom stereocenters. The fraction of sp³-hybridized carbons (Fsp3) is 0.417. The molecule has 0 aliphatic carbocycles. The van der Waals surface area contributed by atoms with Crippen molar-refractivity contribution in [2.24, 2.45) is 10.9 Å². The molecule has 0 heterocycles. The highest BCUT2D eigenvalue weighted by Crippen LogP contribution is 2.13. The van der Waals surface area contributed by atoms with E-state index in [9.17, 15) is 13.2 Å². The number of carbonyl (C=O) groups is 1. The van der Waals surface area contributed by atoms with E-state index in [0.29, 0.717) is 12.1 Å². The smallest absolute Gasteiger partial charge is 0.238 e. The van der Waals surface area contributed by atoms with Crippen LogP contribution in [-0.2, 0) is 14.8 Å². The highest BCUT2D eigenvalue weighted by molar-refractivity contribution is 7.89. The van der Waals surface area contributed by atoms with Crippen LogP contribution in [0.4, 0.5) is 5.69 Å². The summed E-state index contributed by atoms with van der Waals surface area (Å²) in [5.41, 5.74) is 6.13. The lowest BCUT2D eigenvalue weighted by Gasteiger charge is -2.07. The topological polar surface area (TPSA) is 115 Å². The Morgan fingerprint density at radius 1 is 1.32 bits per heavy atom. The monoisotopic (exact) mass is 285 g/mol.